The number of guanidine groups is 1. The molecule has 2 N–H and O–H groups in total. The van der Waals surface area contributed by atoms with E-state index in [0.29, 0.717) is 41.2 Å². The number of rotatable bonds is 10. The predicted octanol–water partition coefficient (Wildman–Crippen LogP) is 2.62. The van der Waals surface area contributed by atoms with Gasteiger partial charge in [0.2, 0.25) is 11.9 Å². The van der Waals surface area contributed by atoms with Gasteiger partial charge in [0.05, 0.1) is 36.9 Å². The third-order valence-corrected chi connectivity index (χ3v) is 5.31. The van der Waals surface area contributed by atoms with E-state index in [1.165, 1.54) is 6.92 Å². The first kappa shape index (κ1) is 21.9. The summed E-state index contributed by atoms with van der Waals surface area (Å²) in [6.07, 6.45) is 3.22. The normalized spacial score (nSPS) is 17.0. The van der Waals surface area contributed by atoms with E-state index in [9.17, 15) is 14.4 Å². The molecule has 1 fully saturated rings. The summed E-state index contributed by atoms with van der Waals surface area (Å²) in [4.78, 5) is 39.9. The van der Waals surface area contributed by atoms with E-state index in [-0.39, 0.29) is 24.8 Å². The standard InChI is InChI=1S/C20H24ClN3O6/c1-12(25)29-8-4-2-3-5-9-30-16-7-6-14-13(18(16)21)11-24-15(10-17(26)27)19(28)23-20(24)22-14/h6-7,15H,2-5,8-11H2,1H3,(H,26,27)(H,22,23,28). The summed E-state index contributed by atoms with van der Waals surface area (Å²) in [5.41, 5.74) is 1.33. The molecule has 0 spiro atoms. The molecule has 2 aliphatic heterocycles. The van der Waals surface area contributed by atoms with Crippen LogP contribution in [-0.4, -0.2) is 53.1 Å². The van der Waals surface area contributed by atoms with Gasteiger partial charge in [0, 0.05) is 12.5 Å². The van der Waals surface area contributed by atoms with Gasteiger partial charge in [-0.15, -0.1) is 0 Å². The zero-order chi connectivity index (χ0) is 21.7. The molecule has 0 radical (unpaired) electrons. The molecule has 162 valence electrons. The number of unbranched alkanes of at least 4 members (excludes halogenated alkanes) is 3. The van der Waals surface area contributed by atoms with Crippen LogP contribution in [-0.2, 0) is 25.7 Å². The average molecular weight is 438 g/mol. The Morgan fingerprint density at radius 3 is 2.70 bits per heavy atom. The zero-order valence-corrected chi connectivity index (χ0v) is 17.4. The number of carboxylic acid groups (broad SMARTS) is 1. The Kier molecular flexibility index (Phi) is 7.15. The van der Waals surface area contributed by atoms with Crippen molar-refractivity contribution >= 4 is 41.1 Å². The zero-order valence-electron chi connectivity index (χ0n) is 16.6. The Morgan fingerprint density at radius 2 is 2.00 bits per heavy atom. The molecule has 1 aromatic rings. The van der Waals surface area contributed by atoms with E-state index in [4.69, 9.17) is 26.2 Å². The second-order valence-electron chi connectivity index (χ2n) is 7.14. The molecule has 0 bridgehead atoms. The fourth-order valence-electron chi connectivity index (χ4n) is 3.40. The minimum atomic E-state index is -1.06. The summed E-state index contributed by atoms with van der Waals surface area (Å²) < 4.78 is 10.7. The maximum atomic E-state index is 12.1. The van der Waals surface area contributed by atoms with E-state index in [1.54, 1.807) is 17.0 Å². The minimum absolute atomic E-state index is 0.264. The fraction of sp³-hybridized carbons (Fsp3) is 0.500. The van der Waals surface area contributed by atoms with Gasteiger partial charge in [-0.2, -0.15) is 0 Å². The second kappa shape index (κ2) is 9.80. The number of hydrogen-bond acceptors (Lipinski definition) is 7. The molecule has 1 aromatic carbocycles. The topological polar surface area (TPSA) is 118 Å². The monoisotopic (exact) mass is 437 g/mol. The van der Waals surface area contributed by atoms with Crippen LogP contribution in [0.3, 0.4) is 0 Å². The molecule has 9 nitrogen and oxygen atoms in total. The number of nitrogens with one attached hydrogen (secondary N) is 1. The Labute approximate surface area is 179 Å². The molecule has 1 amide bonds. The lowest BCUT2D eigenvalue weighted by atomic mass is 10.1. The van der Waals surface area contributed by atoms with Crippen molar-refractivity contribution in [1.82, 2.24) is 10.2 Å². The number of aliphatic imine (C=N–C) groups is 1. The van der Waals surface area contributed by atoms with Crippen LogP contribution in [0.4, 0.5) is 5.69 Å². The quantitative estimate of drug-likeness (QED) is 0.426. The number of halogens is 1. The summed E-state index contributed by atoms with van der Waals surface area (Å²) >= 11 is 6.53. The first-order valence-corrected chi connectivity index (χ1v) is 10.2. The van der Waals surface area contributed by atoms with Crippen LogP contribution in [0, 0.1) is 0 Å². The van der Waals surface area contributed by atoms with Gasteiger partial charge < -0.3 is 19.5 Å². The summed E-state index contributed by atoms with van der Waals surface area (Å²) in [5, 5.41) is 12.1. The maximum Gasteiger partial charge on any atom is 0.305 e. The molecule has 2 heterocycles. The molecule has 3 rings (SSSR count). The molecule has 2 aliphatic rings. The van der Waals surface area contributed by atoms with Gasteiger partial charge in [0.25, 0.3) is 0 Å². The Hall–Kier alpha value is -2.81. The van der Waals surface area contributed by atoms with E-state index < -0.39 is 12.0 Å². The molecular weight excluding hydrogens is 414 g/mol. The predicted molar refractivity (Wildman–Crippen MR) is 109 cm³/mol. The number of carbonyl (C=O) groups is 3. The van der Waals surface area contributed by atoms with Gasteiger partial charge in [-0.3, -0.25) is 19.7 Å². The van der Waals surface area contributed by atoms with Crippen LogP contribution >= 0.6 is 11.6 Å². The summed E-state index contributed by atoms with van der Waals surface area (Å²) in [6, 6.07) is 2.70. The molecule has 10 heteroatoms. The van der Waals surface area contributed by atoms with Gasteiger partial charge in [-0.05, 0) is 37.8 Å². The molecular formula is C20H24ClN3O6. The van der Waals surface area contributed by atoms with Crippen molar-refractivity contribution in [3.8, 4) is 5.75 Å². The SMILES string of the molecule is CC(=O)OCCCCCCOc1ccc2c(c1Cl)CN1C(=N2)NC(=O)C1CC(=O)O. The largest absolute Gasteiger partial charge is 0.492 e. The lowest BCUT2D eigenvalue weighted by Crippen LogP contribution is -2.38. The van der Waals surface area contributed by atoms with Crippen molar-refractivity contribution in [2.75, 3.05) is 13.2 Å². The highest BCUT2D eigenvalue weighted by molar-refractivity contribution is 6.33. The number of aliphatic carboxylic acids is 1. The van der Waals surface area contributed by atoms with Crippen molar-refractivity contribution in [2.24, 2.45) is 4.99 Å². The Bertz CT molecular complexity index is 872. The van der Waals surface area contributed by atoms with Crippen LogP contribution < -0.4 is 10.1 Å². The highest BCUT2D eigenvalue weighted by Gasteiger charge is 2.40. The fourth-order valence-corrected chi connectivity index (χ4v) is 3.67. The number of amides is 1. The summed E-state index contributed by atoms with van der Waals surface area (Å²) in [7, 11) is 0. The third kappa shape index (κ3) is 5.21. The maximum absolute atomic E-state index is 12.1. The van der Waals surface area contributed by atoms with Crippen molar-refractivity contribution < 1.29 is 29.0 Å². The smallest absolute Gasteiger partial charge is 0.305 e. The first-order chi connectivity index (χ1) is 14.4. The van der Waals surface area contributed by atoms with Crippen molar-refractivity contribution in [3.05, 3.63) is 22.7 Å². The lowest BCUT2D eigenvalue weighted by molar-refractivity contribution is -0.141. The van der Waals surface area contributed by atoms with Crippen LogP contribution in [0.25, 0.3) is 0 Å². The Morgan fingerprint density at radius 1 is 1.27 bits per heavy atom. The van der Waals surface area contributed by atoms with E-state index >= 15 is 0 Å². The minimum Gasteiger partial charge on any atom is -0.492 e. The number of nitrogens with zero attached hydrogens (tertiary/aromatic N) is 2. The number of esters is 1. The van der Waals surface area contributed by atoms with Gasteiger partial charge >= 0.3 is 11.9 Å². The highest BCUT2D eigenvalue weighted by Crippen LogP contribution is 2.39. The van der Waals surface area contributed by atoms with Gasteiger partial charge in [0.15, 0.2) is 0 Å². The number of fused-ring (bicyclic) bond motifs is 2. The summed E-state index contributed by atoms with van der Waals surface area (Å²) in [5.74, 6) is -0.830. The first-order valence-electron chi connectivity index (χ1n) is 9.82. The van der Waals surface area contributed by atoms with E-state index in [2.05, 4.69) is 10.3 Å². The molecule has 0 aliphatic carbocycles. The van der Waals surface area contributed by atoms with Gasteiger partial charge in [0.1, 0.15) is 11.8 Å². The van der Waals surface area contributed by atoms with Crippen molar-refractivity contribution in [2.45, 2.75) is 51.6 Å². The van der Waals surface area contributed by atoms with Crippen LogP contribution in [0.5, 0.6) is 5.75 Å². The number of benzene rings is 1. The number of hydrogen-bond donors (Lipinski definition) is 2. The van der Waals surface area contributed by atoms with Gasteiger partial charge in [-0.25, -0.2) is 4.99 Å². The average Bonchev–Trinajstić information content (AvgIpc) is 2.98. The molecule has 0 saturated carbocycles. The Balaban J connectivity index is 1.55. The van der Waals surface area contributed by atoms with E-state index in [1.807, 2.05) is 0 Å². The van der Waals surface area contributed by atoms with E-state index in [0.717, 1.165) is 25.7 Å². The number of ether oxygens (including phenoxy) is 2. The van der Waals surface area contributed by atoms with Crippen LogP contribution in [0.15, 0.2) is 17.1 Å². The third-order valence-electron chi connectivity index (χ3n) is 4.89. The van der Waals surface area contributed by atoms with Crippen molar-refractivity contribution in [1.29, 1.82) is 0 Å². The molecule has 30 heavy (non-hydrogen) atoms. The van der Waals surface area contributed by atoms with Gasteiger partial charge in [-0.1, -0.05) is 11.6 Å². The molecule has 1 saturated heterocycles. The van der Waals surface area contributed by atoms with Crippen LogP contribution in [0.1, 0.15) is 44.6 Å². The molecule has 0 aromatic heterocycles. The second-order valence-corrected chi connectivity index (χ2v) is 7.52. The van der Waals surface area contributed by atoms with Crippen molar-refractivity contribution in [3.63, 3.8) is 0 Å². The van der Waals surface area contributed by atoms with Crippen LogP contribution in [0.2, 0.25) is 5.02 Å². The molecule has 1 atom stereocenters. The number of carboxylic acids is 1. The lowest BCUT2D eigenvalue weighted by Gasteiger charge is -2.28. The highest BCUT2D eigenvalue weighted by atomic mass is 35.5. The summed E-state index contributed by atoms with van der Waals surface area (Å²) in [6.45, 7) is 2.60. The molecule has 1 unspecified atom stereocenters. The number of carbonyl (C=O) groups excluding carboxylic acids is 2.